The first-order valence-corrected chi connectivity index (χ1v) is 8.06. The summed E-state index contributed by atoms with van der Waals surface area (Å²) in [5.74, 6) is 0.891. The monoisotopic (exact) mass is 252 g/mol. The van der Waals surface area contributed by atoms with E-state index in [1.807, 2.05) is 0 Å². The van der Waals surface area contributed by atoms with Crippen molar-refractivity contribution in [2.24, 2.45) is 11.3 Å². The molecule has 1 heterocycles. The van der Waals surface area contributed by atoms with Gasteiger partial charge < -0.3 is 5.32 Å². The standard InChI is InChI=1S/C16H32N2/c1-5-16(6-2,11-17-15-7-8-15)12-18-10-13(3)9-14(18)4/h13-15,17H,5-12H2,1-4H3. The zero-order chi connectivity index (χ0) is 13.2. The van der Waals surface area contributed by atoms with Crippen LogP contribution in [0.3, 0.4) is 0 Å². The minimum Gasteiger partial charge on any atom is -0.313 e. The van der Waals surface area contributed by atoms with Crippen molar-refractivity contribution < 1.29 is 0 Å². The van der Waals surface area contributed by atoms with E-state index >= 15 is 0 Å². The van der Waals surface area contributed by atoms with Crippen LogP contribution in [-0.4, -0.2) is 36.6 Å². The third-order valence-electron chi connectivity index (χ3n) is 5.29. The molecule has 1 aliphatic heterocycles. The average molecular weight is 252 g/mol. The van der Waals surface area contributed by atoms with E-state index in [0.29, 0.717) is 5.41 Å². The molecule has 2 rings (SSSR count). The van der Waals surface area contributed by atoms with Crippen LogP contribution < -0.4 is 5.32 Å². The van der Waals surface area contributed by atoms with Crippen LogP contribution in [0.15, 0.2) is 0 Å². The zero-order valence-corrected chi connectivity index (χ0v) is 12.8. The molecule has 0 aromatic heterocycles. The predicted octanol–water partition coefficient (Wildman–Crippen LogP) is 3.28. The van der Waals surface area contributed by atoms with Gasteiger partial charge in [0, 0.05) is 31.7 Å². The Hall–Kier alpha value is -0.0800. The van der Waals surface area contributed by atoms with Crippen LogP contribution in [0.4, 0.5) is 0 Å². The van der Waals surface area contributed by atoms with E-state index in [1.54, 1.807) is 0 Å². The van der Waals surface area contributed by atoms with Gasteiger partial charge in [0.1, 0.15) is 0 Å². The van der Waals surface area contributed by atoms with Crippen molar-refractivity contribution in [1.82, 2.24) is 10.2 Å². The van der Waals surface area contributed by atoms with Crippen LogP contribution >= 0.6 is 0 Å². The highest BCUT2D eigenvalue weighted by atomic mass is 15.2. The molecule has 2 nitrogen and oxygen atoms in total. The Labute approximate surface area is 114 Å². The Balaban J connectivity index is 1.90. The maximum atomic E-state index is 3.77. The van der Waals surface area contributed by atoms with Crippen LogP contribution in [0.25, 0.3) is 0 Å². The summed E-state index contributed by atoms with van der Waals surface area (Å²) in [6.07, 6.45) is 6.81. The molecule has 1 saturated carbocycles. The van der Waals surface area contributed by atoms with Gasteiger partial charge in [-0.2, -0.15) is 0 Å². The van der Waals surface area contributed by atoms with Crippen LogP contribution in [0.2, 0.25) is 0 Å². The highest BCUT2D eigenvalue weighted by Gasteiger charge is 2.35. The van der Waals surface area contributed by atoms with E-state index in [0.717, 1.165) is 18.0 Å². The molecule has 0 aromatic rings. The minimum absolute atomic E-state index is 0.501. The molecule has 2 unspecified atom stereocenters. The molecule has 106 valence electrons. The van der Waals surface area contributed by atoms with Crippen molar-refractivity contribution in [3.8, 4) is 0 Å². The third-order valence-corrected chi connectivity index (χ3v) is 5.29. The summed E-state index contributed by atoms with van der Waals surface area (Å²) in [5.41, 5.74) is 0.501. The van der Waals surface area contributed by atoms with Crippen molar-refractivity contribution in [2.45, 2.75) is 71.9 Å². The lowest BCUT2D eigenvalue weighted by atomic mass is 9.81. The molecule has 18 heavy (non-hydrogen) atoms. The first-order valence-electron chi connectivity index (χ1n) is 8.06. The zero-order valence-electron chi connectivity index (χ0n) is 12.8. The highest BCUT2D eigenvalue weighted by Crippen LogP contribution is 2.33. The maximum absolute atomic E-state index is 3.77. The van der Waals surface area contributed by atoms with Gasteiger partial charge in [0.05, 0.1) is 0 Å². The van der Waals surface area contributed by atoms with E-state index in [2.05, 4.69) is 37.9 Å². The van der Waals surface area contributed by atoms with Crippen molar-refractivity contribution in [3.05, 3.63) is 0 Å². The van der Waals surface area contributed by atoms with Gasteiger partial charge in [-0.1, -0.05) is 20.8 Å². The van der Waals surface area contributed by atoms with Crippen LogP contribution in [-0.2, 0) is 0 Å². The Morgan fingerprint density at radius 1 is 1.17 bits per heavy atom. The van der Waals surface area contributed by atoms with Crippen molar-refractivity contribution in [2.75, 3.05) is 19.6 Å². The molecule has 0 radical (unpaired) electrons. The Bertz CT molecular complexity index is 256. The smallest absolute Gasteiger partial charge is 0.00702 e. The van der Waals surface area contributed by atoms with Crippen LogP contribution in [0.5, 0.6) is 0 Å². The van der Waals surface area contributed by atoms with E-state index in [-0.39, 0.29) is 0 Å². The first kappa shape index (κ1) is 14.3. The normalized spacial score (nSPS) is 30.0. The number of hydrogen-bond donors (Lipinski definition) is 1. The molecular weight excluding hydrogens is 220 g/mol. The number of nitrogens with zero attached hydrogens (tertiary/aromatic N) is 1. The Kier molecular flexibility index (Phi) is 4.71. The summed E-state index contributed by atoms with van der Waals surface area (Å²) in [7, 11) is 0. The fourth-order valence-electron chi connectivity index (χ4n) is 3.47. The molecule has 0 aromatic carbocycles. The molecule has 1 saturated heterocycles. The summed E-state index contributed by atoms with van der Waals surface area (Å²) in [4.78, 5) is 2.74. The highest BCUT2D eigenvalue weighted by molar-refractivity contribution is 4.91. The van der Waals surface area contributed by atoms with Gasteiger partial charge in [-0.15, -0.1) is 0 Å². The first-order chi connectivity index (χ1) is 8.58. The van der Waals surface area contributed by atoms with Gasteiger partial charge in [0.2, 0.25) is 0 Å². The number of likely N-dealkylation sites (tertiary alicyclic amines) is 1. The second-order valence-corrected chi connectivity index (χ2v) is 6.98. The molecule has 1 N–H and O–H groups in total. The summed E-state index contributed by atoms with van der Waals surface area (Å²) < 4.78 is 0. The van der Waals surface area contributed by atoms with Crippen molar-refractivity contribution >= 4 is 0 Å². The third kappa shape index (κ3) is 3.48. The van der Waals surface area contributed by atoms with Gasteiger partial charge >= 0.3 is 0 Å². The Morgan fingerprint density at radius 2 is 1.83 bits per heavy atom. The molecule has 1 aliphatic carbocycles. The lowest BCUT2D eigenvalue weighted by Gasteiger charge is -2.38. The maximum Gasteiger partial charge on any atom is 0.00702 e. The van der Waals surface area contributed by atoms with E-state index in [1.165, 1.54) is 51.7 Å². The summed E-state index contributed by atoms with van der Waals surface area (Å²) >= 11 is 0. The fourth-order valence-corrected chi connectivity index (χ4v) is 3.47. The SMILES string of the molecule is CCC(CC)(CNC1CC1)CN1CC(C)CC1C. The molecule has 2 fully saturated rings. The second-order valence-electron chi connectivity index (χ2n) is 6.98. The van der Waals surface area contributed by atoms with Crippen LogP contribution in [0, 0.1) is 11.3 Å². The summed E-state index contributed by atoms with van der Waals surface area (Å²) in [6.45, 7) is 13.4. The topological polar surface area (TPSA) is 15.3 Å². The quantitative estimate of drug-likeness (QED) is 0.748. The van der Waals surface area contributed by atoms with E-state index in [9.17, 15) is 0 Å². The average Bonchev–Trinajstić information content (AvgIpc) is 3.12. The second kappa shape index (κ2) is 5.92. The number of nitrogens with one attached hydrogen (secondary N) is 1. The molecular formula is C16H32N2. The van der Waals surface area contributed by atoms with Gasteiger partial charge in [0.15, 0.2) is 0 Å². The predicted molar refractivity (Wildman–Crippen MR) is 78.9 cm³/mol. The lowest BCUT2D eigenvalue weighted by molar-refractivity contribution is 0.128. The largest absolute Gasteiger partial charge is 0.313 e. The molecule has 2 atom stereocenters. The number of hydrogen-bond acceptors (Lipinski definition) is 2. The Morgan fingerprint density at radius 3 is 2.28 bits per heavy atom. The summed E-state index contributed by atoms with van der Waals surface area (Å²) in [6, 6.07) is 1.64. The lowest BCUT2D eigenvalue weighted by Crippen LogP contribution is -2.45. The van der Waals surface area contributed by atoms with Gasteiger partial charge in [-0.05, 0) is 50.4 Å². The van der Waals surface area contributed by atoms with Gasteiger partial charge in [-0.25, -0.2) is 0 Å². The van der Waals surface area contributed by atoms with E-state index < -0.39 is 0 Å². The van der Waals surface area contributed by atoms with Gasteiger partial charge in [-0.3, -0.25) is 4.90 Å². The van der Waals surface area contributed by atoms with Crippen LogP contribution in [0.1, 0.15) is 59.8 Å². The number of rotatable bonds is 7. The van der Waals surface area contributed by atoms with E-state index in [4.69, 9.17) is 0 Å². The molecule has 0 spiro atoms. The van der Waals surface area contributed by atoms with Crippen molar-refractivity contribution in [1.29, 1.82) is 0 Å². The van der Waals surface area contributed by atoms with Crippen molar-refractivity contribution in [3.63, 3.8) is 0 Å². The van der Waals surface area contributed by atoms with Gasteiger partial charge in [0.25, 0.3) is 0 Å². The summed E-state index contributed by atoms with van der Waals surface area (Å²) in [5, 5.41) is 3.77. The minimum atomic E-state index is 0.501. The fraction of sp³-hybridized carbons (Fsp3) is 1.00. The molecule has 0 bridgehead atoms. The molecule has 0 amide bonds. The molecule has 2 aliphatic rings. The molecule has 2 heteroatoms.